The molecule has 0 N–H and O–H groups in total. The van der Waals surface area contributed by atoms with E-state index in [9.17, 15) is 3.32 Å². The van der Waals surface area contributed by atoms with Crippen molar-refractivity contribution in [3.63, 3.8) is 0 Å². The molecule has 0 rings (SSSR count). The first-order valence-electron chi connectivity index (χ1n) is 1.68. The van der Waals surface area contributed by atoms with Crippen LogP contribution in [0.3, 0.4) is 0 Å². The third-order valence-electron chi connectivity index (χ3n) is 0.359. The molecule has 11 heteroatoms. The predicted octanol–water partition coefficient (Wildman–Crippen LogP) is 3.23. The summed E-state index contributed by atoms with van der Waals surface area (Å²) in [6, 6.07) is 0. The second-order valence-corrected chi connectivity index (χ2v) is 30.3. The van der Waals surface area contributed by atoms with Gasteiger partial charge in [0.05, 0.1) is 0 Å². The Bertz CT molecular complexity index is 239. The third kappa shape index (κ3) is 6.79. The summed E-state index contributed by atoms with van der Waals surface area (Å²) in [6.45, 7) is 0. The standard InChI is InChI=1S/2ClO.4ClH.Li.O.Ti.H/c2*1-2;;;;;;;;/h;;4*1H;;;;/q2*-1;;;;;;;+6;/p-4. The fourth-order valence-electron chi connectivity index (χ4n) is 0.0119. The zero-order valence-corrected chi connectivity index (χ0v) is 10.1. The number of halogens is 6. The summed E-state index contributed by atoms with van der Waals surface area (Å²) >= 11 is 9.09. The van der Waals surface area contributed by atoms with Crippen molar-refractivity contribution in [1.82, 2.24) is 0 Å². The van der Waals surface area contributed by atoms with Crippen molar-refractivity contribution in [3.8, 4) is 0 Å². The van der Waals surface area contributed by atoms with Crippen LogP contribution in [-0.4, -0.2) is 18.9 Å². The van der Waals surface area contributed by atoms with E-state index >= 15 is 0 Å². The minimum atomic E-state index is -7.68. The molecule has 0 aromatic carbocycles. The molecule has 0 aliphatic rings. The van der Waals surface area contributed by atoms with Crippen molar-refractivity contribution in [3.05, 3.63) is 0 Å². The normalized spacial score (nSPS) is 21.8. The molecule has 0 spiro atoms. The van der Waals surface area contributed by atoms with Crippen LogP contribution in [0.2, 0.25) is 0 Å². The van der Waals surface area contributed by atoms with Crippen LogP contribution in [-0.2, 0) is 18.3 Å². The quantitative estimate of drug-likeness (QED) is 0.734. The molecule has 0 aromatic rings. The first kappa shape index (κ1) is 16.2. The molecule has 0 unspecified atom stereocenters. The first-order chi connectivity index (χ1) is 3.84. The van der Waals surface area contributed by atoms with Crippen LogP contribution in [0.5, 0.6) is 0 Å². The summed E-state index contributed by atoms with van der Waals surface area (Å²) in [5.41, 5.74) is 0. The Morgan fingerprint density at radius 2 is 1.09 bits per heavy atom. The van der Waals surface area contributed by atoms with Crippen LogP contribution >= 0.6 is 61.0 Å². The van der Waals surface area contributed by atoms with Gasteiger partial charge in [-0.2, -0.15) is 0 Å². The number of rotatable bonds is 2. The van der Waals surface area contributed by atoms with Gasteiger partial charge < -0.3 is 0 Å². The van der Waals surface area contributed by atoms with Gasteiger partial charge in [-0.25, -0.2) is 0 Å². The van der Waals surface area contributed by atoms with E-state index in [-0.39, 0.29) is 18.9 Å². The van der Waals surface area contributed by atoms with Crippen LogP contribution < -0.4 is 0 Å². The van der Waals surface area contributed by atoms with E-state index in [4.69, 9.17) is 37.2 Å². The van der Waals surface area contributed by atoms with Crippen molar-refractivity contribution in [2.45, 2.75) is 0 Å². The number of hydrogen-bond acceptors (Lipinski definition) is 3. The van der Waals surface area contributed by atoms with Gasteiger partial charge in [-0.15, -0.1) is 0 Å². The van der Waals surface area contributed by atoms with Gasteiger partial charge in [0.2, 0.25) is 0 Å². The molecule has 0 atom stereocenters. The fourth-order valence-corrected chi connectivity index (χ4v) is 0.442. The summed E-state index contributed by atoms with van der Waals surface area (Å²) in [6.07, 6.45) is 0. The molecule has 66 valence electrons. The van der Waals surface area contributed by atoms with Crippen LogP contribution in [0.25, 0.3) is 0 Å². The maximum absolute atomic E-state index is 11.1. The molecule has 0 aliphatic heterocycles. The number of hydrogen-bond donors (Lipinski definition) is 0. The summed E-state index contributed by atoms with van der Waals surface area (Å²) in [5, 5.41) is 0. The SMILES string of the molecule is [LiH].[O]=[Ti]([Cl])([Cl])([Cl])([Cl])([O]Cl)[O]Cl. The molecule has 0 heterocycles. The van der Waals surface area contributed by atoms with Crippen LogP contribution in [0.15, 0.2) is 0 Å². The van der Waals surface area contributed by atoms with E-state index in [1.54, 1.807) is 0 Å². The van der Waals surface area contributed by atoms with Crippen LogP contribution in [0, 0.1) is 0 Å². The van der Waals surface area contributed by atoms with E-state index in [1.165, 1.54) is 0 Å². The summed E-state index contributed by atoms with van der Waals surface area (Å²) < 4.78 is 18.0. The zero-order chi connectivity index (χ0) is 8.79. The zero-order valence-electron chi connectivity index (χ0n) is 3.99. The Labute approximate surface area is 96.7 Å². The van der Waals surface area contributed by atoms with Crippen molar-refractivity contribution in [2.24, 2.45) is 0 Å². The van der Waals surface area contributed by atoms with Gasteiger partial charge >= 0.3 is 98.1 Å². The van der Waals surface area contributed by atoms with Gasteiger partial charge in [0, 0.05) is 0 Å². The van der Waals surface area contributed by atoms with Crippen molar-refractivity contribution in [2.75, 3.05) is 0 Å². The van der Waals surface area contributed by atoms with E-state index < -0.39 is 9.24 Å². The molecule has 0 fully saturated rings. The maximum atomic E-state index is 11.1. The Morgan fingerprint density at radius 3 is 1.09 bits per heavy atom. The van der Waals surface area contributed by atoms with Crippen molar-refractivity contribution < 1.29 is 18.3 Å². The Morgan fingerprint density at radius 1 is 0.909 bits per heavy atom. The molecule has 0 saturated heterocycles. The Hall–Kier alpha value is 2.77. The topological polar surface area (TPSA) is 35.5 Å². The third-order valence-corrected chi connectivity index (χ3v) is 10.2. The molecule has 3 nitrogen and oxygen atoms in total. The van der Waals surface area contributed by atoms with Crippen molar-refractivity contribution >= 4 is 79.8 Å². The monoisotopic (exact) mass is 314 g/mol. The minimum absolute atomic E-state index is 0. The van der Waals surface area contributed by atoms with E-state index in [1.807, 2.05) is 0 Å². The van der Waals surface area contributed by atoms with E-state index in [0.29, 0.717) is 0 Å². The second-order valence-electron chi connectivity index (χ2n) is 1.76. The summed E-state index contributed by atoms with van der Waals surface area (Å²) in [7, 11) is 11.9. The van der Waals surface area contributed by atoms with Crippen LogP contribution in [0.1, 0.15) is 0 Å². The first-order valence-corrected chi connectivity index (χ1v) is 12.8. The summed E-state index contributed by atoms with van der Waals surface area (Å²) in [4.78, 5) is 0. The van der Waals surface area contributed by atoms with Gasteiger partial charge in [0.25, 0.3) is 0 Å². The van der Waals surface area contributed by atoms with Gasteiger partial charge in [-0.3, -0.25) is 0 Å². The average molecular weight is 317 g/mol. The van der Waals surface area contributed by atoms with E-state index in [2.05, 4.69) is 29.5 Å². The van der Waals surface area contributed by atoms with Crippen LogP contribution in [0.4, 0.5) is 0 Å². The summed E-state index contributed by atoms with van der Waals surface area (Å²) in [5.74, 6) is 0. The molecule has 0 amide bonds. The Kier molecular flexibility index (Phi) is 3.93. The molecule has 0 saturated carbocycles. The van der Waals surface area contributed by atoms with Crippen molar-refractivity contribution in [1.29, 1.82) is 0 Å². The molecule has 0 aliphatic carbocycles. The average Bonchev–Trinajstić information content (AvgIpc) is 1.66. The molecular formula is HCl6LiO3Ti. The molecular weight excluding hydrogens is 316 g/mol. The van der Waals surface area contributed by atoms with Gasteiger partial charge in [-0.05, 0) is 0 Å². The van der Waals surface area contributed by atoms with Gasteiger partial charge in [-0.1, -0.05) is 0 Å². The molecule has 0 aromatic heterocycles. The molecule has 0 bridgehead atoms. The van der Waals surface area contributed by atoms with Gasteiger partial charge in [0.1, 0.15) is 0 Å². The molecule has 0 radical (unpaired) electrons. The fraction of sp³-hybridized carbons (Fsp3) is 0. The predicted molar refractivity (Wildman–Crippen MR) is 45.1 cm³/mol. The van der Waals surface area contributed by atoms with E-state index in [0.717, 1.165) is 0 Å². The second kappa shape index (κ2) is 2.66. The molecule has 11 heavy (non-hydrogen) atoms. The Balaban J connectivity index is 0. The van der Waals surface area contributed by atoms with Gasteiger partial charge in [0.15, 0.2) is 0 Å².